The molecule has 1 aliphatic heterocycles. The summed E-state index contributed by atoms with van der Waals surface area (Å²) in [5, 5.41) is 0. The van der Waals surface area contributed by atoms with Crippen molar-refractivity contribution >= 4 is 32.7 Å². The molecule has 3 heterocycles. The molecule has 0 aliphatic carbocycles. The topological polar surface area (TPSA) is 115 Å². The van der Waals surface area contributed by atoms with Crippen LogP contribution in [0.5, 0.6) is 0 Å². The van der Waals surface area contributed by atoms with Crippen molar-refractivity contribution < 1.29 is 13.2 Å². The molecule has 29 heavy (non-hydrogen) atoms. The molecule has 3 aromatic rings. The summed E-state index contributed by atoms with van der Waals surface area (Å²) in [4.78, 5) is 15.4. The van der Waals surface area contributed by atoms with E-state index in [0.717, 1.165) is 39.8 Å². The van der Waals surface area contributed by atoms with Gasteiger partial charge in [0.05, 0.1) is 30.4 Å². The standard InChI is InChI=1S/C19H22N6O3S/c1-24(2)29(26,27)17-10-14(11-22-19(17)20)13-3-4-15-16(9-13)23-18(12-21-15)25-5-7-28-8-6-25/h3-4,9-12H,5-8H2,1-2H3,(H2,20,22). The zero-order valence-electron chi connectivity index (χ0n) is 16.2. The van der Waals surface area contributed by atoms with Gasteiger partial charge < -0.3 is 15.4 Å². The van der Waals surface area contributed by atoms with E-state index in [1.165, 1.54) is 20.2 Å². The van der Waals surface area contributed by atoms with E-state index in [-0.39, 0.29) is 10.7 Å². The molecule has 0 amide bonds. The molecule has 0 bridgehead atoms. The number of aromatic nitrogens is 3. The van der Waals surface area contributed by atoms with E-state index in [2.05, 4.69) is 14.9 Å². The van der Waals surface area contributed by atoms with Crippen molar-refractivity contribution in [1.29, 1.82) is 0 Å². The van der Waals surface area contributed by atoms with Crippen LogP contribution in [-0.2, 0) is 14.8 Å². The second-order valence-electron chi connectivity index (χ2n) is 6.93. The molecule has 0 spiro atoms. The van der Waals surface area contributed by atoms with Gasteiger partial charge in [0, 0.05) is 38.9 Å². The lowest BCUT2D eigenvalue weighted by Gasteiger charge is -2.27. The fourth-order valence-electron chi connectivity index (χ4n) is 3.14. The summed E-state index contributed by atoms with van der Waals surface area (Å²) < 4.78 is 31.6. The Hall–Kier alpha value is -2.82. The van der Waals surface area contributed by atoms with Gasteiger partial charge in [-0.3, -0.25) is 4.98 Å². The number of nitrogens with zero attached hydrogens (tertiary/aromatic N) is 5. The molecule has 2 N–H and O–H groups in total. The minimum Gasteiger partial charge on any atom is -0.383 e. The first-order valence-electron chi connectivity index (χ1n) is 9.14. The Bertz CT molecular complexity index is 1160. The number of fused-ring (bicyclic) bond motifs is 1. The molecule has 0 radical (unpaired) electrons. The van der Waals surface area contributed by atoms with E-state index in [1.807, 2.05) is 18.2 Å². The lowest BCUT2D eigenvalue weighted by atomic mass is 10.1. The van der Waals surface area contributed by atoms with E-state index in [1.54, 1.807) is 12.4 Å². The first-order valence-corrected chi connectivity index (χ1v) is 10.6. The molecule has 1 aliphatic rings. The van der Waals surface area contributed by atoms with E-state index in [4.69, 9.17) is 15.5 Å². The number of nitrogens with two attached hydrogens (primary N) is 1. The number of anilines is 2. The third kappa shape index (κ3) is 3.74. The Morgan fingerprint density at radius 2 is 1.79 bits per heavy atom. The van der Waals surface area contributed by atoms with Gasteiger partial charge in [-0.1, -0.05) is 6.07 Å². The number of nitrogen functional groups attached to an aromatic ring is 1. The fourth-order valence-corrected chi connectivity index (χ4v) is 4.13. The van der Waals surface area contributed by atoms with Crippen LogP contribution in [0.15, 0.2) is 41.6 Å². The van der Waals surface area contributed by atoms with Gasteiger partial charge in [-0.15, -0.1) is 0 Å². The molecule has 9 nitrogen and oxygen atoms in total. The van der Waals surface area contributed by atoms with Gasteiger partial charge in [-0.2, -0.15) is 0 Å². The predicted molar refractivity (Wildman–Crippen MR) is 111 cm³/mol. The summed E-state index contributed by atoms with van der Waals surface area (Å²) >= 11 is 0. The third-order valence-corrected chi connectivity index (χ3v) is 6.68. The van der Waals surface area contributed by atoms with Crippen LogP contribution in [0.1, 0.15) is 0 Å². The Morgan fingerprint density at radius 1 is 1.03 bits per heavy atom. The van der Waals surface area contributed by atoms with Gasteiger partial charge >= 0.3 is 0 Å². The van der Waals surface area contributed by atoms with E-state index < -0.39 is 10.0 Å². The smallest absolute Gasteiger partial charge is 0.246 e. The first-order chi connectivity index (χ1) is 13.9. The number of benzene rings is 1. The largest absolute Gasteiger partial charge is 0.383 e. The van der Waals surface area contributed by atoms with E-state index >= 15 is 0 Å². The maximum atomic E-state index is 12.5. The highest BCUT2D eigenvalue weighted by Crippen LogP contribution is 2.28. The maximum Gasteiger partial charge on any atom is 0.246 e. The zero-order chi connectivity index (χ0) is 20.6. The monoisotopic (exact) mass is 414 g/mol. The fraction of sp³-hybridized carbons (Fsp3) is 0.316. The number of sulfonamides is 1. The van der Waals surface area contributed by atoms with Crippen LogP contribution in [0, 0.1) is 0 Å². The summed E-state index contributed by atoms with van der Waals surface area (Å²) in [6.45, 7) is 2.88. The molecule has 10 heteroatoms. The Labute approximate surface area is 169 Å². The average Bonchev–Trinajstić information content (AvgIpc) is 2.73. The van der Waals surface area contributed by atoms with Gasteiger partial charge in [0.15, 0.2) is 0 Å². The average molecular weight is 414 g/mol. The summed E-state index contributed by atoms with van der Waals surface area (Å²) in [6, 6.07) is 7.14. The Balaban J connectivity index is 1.76. The van der Waals surface area contributed by atoms with Crippen LogP contribution in [0.2, 0.25) is 0 Å². The summed E-state index contributed by atoms with van der Waals surface area (Å²) in [5.74, 6) is 0.766. The van der Waals surface area contributed by atoms with Crippen LogP contribution in [0.3, 0.4) is 0 Å². The SMILES string of the molecule is CN(C)S(=O)(=O)c1cc(-c2ccc3ncc(N4CCOCC4)nc3c2)cnc1N. The number of hydrogen-bond donors (Lipinski definition) is 1. The van der Waals surface area contributed by atoms with Crippen molar-refractivity contribution in [3.63, 3.8) is 0 Å². The summed E-state index contributed by atoms with van der Waals surface area (Å²) in [5.41, 5.74) is 8.74. The zero-order valence-corrected chi connectivity index (χ0v) is 17.1. The molecule has 1 fully saturated rings. The molecule has 0 unspecified atom stereocenters. The lowest BCUT2D eigenvalue weighted by molar-refractivity contribution is 0.122. The predicted octanol–water partition coefficient (Wildman–Crippen LogP) is 1.36. The minimum atomic E-state index is -3.70. The van der Waals surface area contributed by atoms with Crippen molar-refractivity contribution in [1.82, 2.24) is 19.3 Å². The van der Waals surface area contributed by atoms with Crippen molar-refractivity contribution in [3.8, 4) is 11.1 Å². The molecule has 4 rings (SSSR count). The van der Waals surface area contributed by atoms with Crippen LogP contribution in [-0.4, -0.2) is 68.1 Å². The minimum absolute atomic E-state index is 0.0201. The van der Waals surface area contributed by atoms with E-state index in [0.29, 0.717) is 18.8 Å². The second-order valence-corrected chi connectivity index (χ2v) is 9.05. The highest BCUT2D eigenvalue weighted by molar-refractivity contribution is 7.89. The van der Waals surface area contributed by atoms with Gasteiger partial charge in [-0.25, -0.2) is 22.7 Å². The number of morpholine rings is 1. The molecule has 0 atom stereocenters. The van der Waals surface area contributed by atoms with Crippen LogP contribution in [0.25, 0.3) is 22.2 Å². The number of pyridine rings is 1. The van der Waals surface area contributed by atoms with Gasteiger partial charge in [0.25, 0.3) is 0 Å². The molecule has 0 saturated carbocycles. The van der Waals surface area contributed by atoms with Gasteiger partial charge in [0.2, 0.25) is 10.0 Å². The van der Waals surface area contributed by atoms with Gasteiger partial charge in [-0.05, 0) is 23.8 Å². The van der Waals surface area contributed by atoms with Crippen molar-refractivity contribution in [2.24, 2.45) is 0 Å². The molecule has 2 aromatic heterocycles. The Morgan fingerprint density at radius 3 is 2.52 bits per heavy atom. The maximum absolute atomic E-state index is 12.5. The van der Waals surface area contributed by atoms with Crippen LogP contribution < -0.4 is 10.6 Å². The molecular formula is C19H22N6O3S. The van der Waals surface area contributed by atoms with Crippen molar-refractivity contribution in [2.75, 3.05) is 51.0 Å². The normalized spacial score (nSPS) is 15.2. The summed E-state index contributed by atoms with van der Waals surface area (Å²) in [6.07, 6.45) is 3.32. The Kier molecular flexibility index (Phi) is 5.07. The van der Waals surface area contributed by atoms with Crippen molar-refractivity contribution in [3.05, 3.63) is 36.7 Å². The summed E-state index contributed by atoms with van der Waals surface area (Å²) in [7, 11) is -0.785. The first kappa shape index (κ1) is 19.5. The van der Waals surface area contributed by atoms with Crippen LogP contribution in [0.4, 0.5) is 11.6 Å². The lowest BCUT2D eigenvalue weighted by Crippen LogP contribution is -2.36. The number of ether oxygens (including phenoxy) is 1. The molecule has 1 saturated heterocycles. The highest BCUT2D eigenvalue weighted by atomic mass is 32.2. The molecular weight excluding hydrogens is 392 g/mol. The molecule has 1 aromatic carbocycles. The van der Waals surface area contributed by atoms with E-state index in [9.17, 15) is 8.42 Å². The number of rotatable bonds is 4. The quantitative estimate of drug-likeness (QED) is 0.681. The molecule has 152 valence electrons. The number of hydrogen-bond acceptors (Lipinski definition) is 8. The second kappa shape index (κ2) is 7.54. The third-order valence-electron chi connectivity index (χ3n) is 4.84. The van der Waals surface area contributed by atoms with Crippen LogP contribution >= 0.6 is 0 Å². The highest BCUT2D eigenvalue weighted by Gasteiger charge is 2.22. The van der Waals surface area contributed by atoms with Gasteiger partial charge in [0.1, 0.15) is 16.5 Å². The van der Waals surface area contributed by atoms with Crippen molar-refractivity contribution in [2.45, 2.75) is 4.90 Å².